The number of benzene rings is 2. The van der Waals surface area contributed by atoms with E-state index in [0.29, 0.717) is 22.7 Å². The fraction of sp³-hybridized carbons (Fsp3) is 0.273. The van der Waals surface area contributed by atoms with Gasteiger partial charge < -0.3 is 19.5 Å². The lowest BCUT2D eigenvalue weighted by molar-refractivity contribution is -0.151. The molecule has 0 heterocycles. The molecule has 0 aromatic heterocycles. The Balaban J connectivity index is 1.86. The van der Waals surface area contributed by atoms with Crippen LogP contribution in [0.2, 0.25) is 0 Å². The SMILES string of the molecule is COc1ccc(NC(=O)[C@H](C)OC(=O)CNS(=O)(=O)/C=C/c2ccc(C)cc2)cc1OC. The maximum atomic E-state index is 12.3. The smallest absolute Gasteiger partial charge is 0.321 e. The fourth-order valence-corrected chi connectivity index (χ4v) is 3.26. The van der Waals surface area contributed by atoms with Crippen LogP contribution in [0.1, 0.15) is 18.1 Å². The summed E-state index contributed by atoms with van der Waals surface area (Å²) in [7, 11) is -0.908. The van der Waals surface area contributed by atoms with Gasteiger partial charge in [0.15, 0.2) is 17.6 Å². The largest absolute Gasteiger partial charge is 0.493 e. The van der Waals surface area contributed by atoms with Crippen LogP contribution in [0.25, 0.3) is 6.08 Å². The summed E-state index contributed by atoms with van der Waals surface area (Å²) in [5.41, 5.74) is 2.16. The van der Waals surface area contributed by atoms with E-state index in [4.69, 9.17) is 14.2 Å². The van der Waals surface area contributed by atoms with E-state index in [1.165, 1.54) is 27.2 Å². The van der Waals surface area contributed by atoms with Gasteiger partial charge in [-0.05, 0) is 37.6 Å². The molecular formula is C22H26N2O7S. The molecule has 0 saturated heterocycles. The van der Waals surface area contributed by atoms with Gasteiger partial charge in [-0.3, -0.25) is 9.59 Å². The second-order valence-corrected chi connectivity index (χ2v) is 8.42. The highest BCUT2D eigenvalue weighted by atomic mass is 32.2. The first kappa shape index (κ1) is 24.9. The zero-order valence-corrected chi connectivity index (χ0v) is 19.1. The van der Waals surface area contributed by atoms with E-state index in [1.54, 1.807) is 30.3 Å². The Morgan fingerprint density at radius 2 is 1.69 bits per heavy atom. The van der Waals surface area contributed by atoms with Crippen LogP contribution in [0, 0.1) is 6.92 Å². The number of sulfonamides is 1. The number of nitrogens with one attached hydrogen (secondary N) is 2. The maximum Gasteiger partial charge on any atom is 0.321 e. The average molecular weight is 463 g/mol. The first-order chi connectivity index (χ1) is 15.1. The standard InChI is InChI=1S/C22H26N2O7S/c1-15-5-7-17(8-6-15)11-12-32(27,28)23-14-21(25)31-16(2)22(26)24-18-9-10-19(29-3)20(13-18)30-4/h5-13,16,23H,14H2,1-4H3,(H,24,26)/b12-11+/t16-/m0/s1. The number of aryl methyl sites for hydroxylation is 1. The molecule has 0 radical (unpaired) electrons. The van der Waals surface area contributed by atoms with Gasteiger partial charge in [-0.2, -0.15) is 0 Å². The maximum absolute atomic E-state index is 12.3. The van der Waals surface area contributed by atoms with Gasteiger partial charge in [0.1, 0.15) is 6.54 Å². The molecule has 0 bridgehead atoms. The molecule has 0 spiro atoms. The van der Waals surface area contributed by atoms with E-state index in [2.05, 4.69) is 10.0 Å². The summed E-state index contributed by atoms with van der Waals surface area (Å²) in [4.78, 5) is 24.2. The lowest BCUT2D eigenvalue weighted by atomic mass is 10.2. The summed E-state index contributed by atoms with van der Waals surface area (Å²) in [6, 6.07) is 12.0. The number of rotatable bonds is 10. The molecule has 0 aliphatic rings. The van der Waals surface area contributed by atoms with E-state index >= 15 is 0 Å². The number of carbonyl (C=O) groups excluding carboxylic acids is 2. The van der Waals surface area contributed by atoms with Gasteiger partial charge in [-0.1, -0.05) is 29.8 Å². The molecule has 0 unspecified atom stereocenters. The molecule has 0 fully saturated rings. The molecule has 2 N–H and O–H groups in total. The third-order valence-corrected chi connectivity index (χ3v) is 5.30. The highest BCUT2D eigenvalue weighted by Crippen LogP contribution is 2.29. The normalized spacial score (nSPS) is 12.2. The molecule has 32 heavy (non-hydrogen) atoms. The van der Waals surface area contributed by atoms with Gasteiger partial charge in [0, 0.05) is 17.2 Å². The number of methoxy groups -OCH3 is 2. The summed E-state index contributed by atoms with van der Waals surface area (Å²) in [6.07, 6.45) is 0.259. The quantitative estimate of drug-likeness (QED) is 0.521. The van der Waals surface area contributed by atoms with E-state index in [9.17, 15) is 18.0 Å². The van der Waals surface area contributed by atoms with Crippen molar-refractivity contribution in [2.75, 3.05) is 26.1 Å². The molecule has 10 heteroatoms. The minimum Gasteiger partial charge on any atom is -0.493 e. The van der Waals surface area contributed by atoms with Gasteiger partial charge in [0.05, 0.1) is 14.2 Å². The van der Waals surface area contributed by atoms with Crippen molar-refractivity contribution in [1.29, 1.82) is 0 Å². The lowest BCUT2D eigenvalue weighted by Crippen LogP contribution is -2.35. The van der Waals surface area contributed by atoms with Crippen molar-refractivity contribution >= 4 is 33.7 Å². The van der Waals surface area contributed by atoms with Gasteiger partial charge in [0.2, 0.25) is 10.0 Å². The van der Waals surface area contributed by atoms with Crippen molar-refractivity contribution in [3.63, 3.8) is 0 Å². The minimum atomic E-state index is -3.86. The Labute approximate surface area is 187 Å². The molecule has 172 valence electrons. The molecule has 2 aromatic carbocycles. The van der Waals surface area contributed by atoms with Crippen molar-refractivity contribution in [2.24, 2.45) is 0 Å². The Bertz CT molecular complexity index is 1080. The molecule has 2 rings (SSSR count). The number of hydrogen-bond acceptors (Lipinski definition) is 7. The van der Waals surface area contributed by atoms with Crippen LogP contribution in [0.4, 0.5) is 5.69 Å². The first-order valence-corrected chi connectivity index (χ1v) is 11.1. The summed E-state index contributed by atoms with van der Waals surface area (Å²) in [5, 5.41) is 3.54. The molecule has 0 saturated carbocycles. The van der Waals surface area contributed by atoms with Crippen molar-refractivity contribution in [3.05, 3.63) is 59.0 Å². The van der Waals surface area contributed by atoms with E-state index < -0.39 is 34.5 Å². The number of ether oxygens (including phenoxy) is 3. The van der Waals surface area contributed by atoms with Crippen LogP contribution < -0.4 is 19.5 Å². The molecule has 0 aliphatic heterocycles. The predicted molar refractivity (Wildman–Crippen MR) is 121 cm³/mol. The first-order valence-electron chi connectivity index (χ1n) is 9.60. The number of amides is 1. The number of esters is 1. The molecule has 1 atom stereocenters. The van der Waals surface area contributed by atoms with Crippen LogP contribution in [0.3, 0.4) is 0 Å². The highest BCUT2D eigenvalue weighted by Gasteiger charge is 2.19. The van der Waals surface area contributed by atoms with Gasteiger partial charge >= 0.3 is 5.97 Å². The van der Waals surface area contributed by atoms with Crippen molar-refractivity contribution in [3.8, 4) is 11.5 Å². The Hall–Kier alpha value is -3.37. The number of anilines is 1. The van der Waals surface area contributed by atoms with Crippen molar-refractivity contribution in [1.82, 2.24) is 4.72 Å². The molecule has 1 amide bonds. The molecular weight excluding hydrogens is 436 g/mol. The highest BCUT2D eigenvalue weighted by molar-refractivity contribution is 7.92. The number of carbonyl (C=O) groups is 2. The van der Waals surface area contributed by atoms with Gasteiger partial charge in [-0.15, -0.1) is 0 Å². The van der Waals surface area contributed by atoms with Crippen LogP contribution in [0.5, 0.6) is 11.5 Å². The number of hydrogen-bond donors (Lipinski definition) is 2. The van der Waals surface area contributed by atoms with E-state index in [1.807, 2.05) is 19.1 Å². The van der Waals surface area contributed by atoms with Gasteiger partial charge in [0.25, 0.3) is 5.91 Å². The molecule has 2 aromatic rings. The Morgan fingerprint density at radius 3 is 2.31 bits per heavy atom. The second-order valence-electron chi connectivity index (χ2n) is 6.77. The fourth-order valence-electron chi connectivity index (χ4n) is 2.50. The van der Waals surface area contributed by atoms with Crippen LogP contribution in [-0.4, -0.2) is 47.2 Å². The summed E-state index contributed by atoms with van der Waals surface area (Å²) in [6.45, 7) is 2.68. The van der Waals surface area contributed by atoms with Gasteiger partial charge in [-0.25, -0.2) is 13.1 Å². The third-order valence-electron chi connectivity index (χ3n) is 4.26. The third kappa shape index (κ3) is 7.71. The molecule has 0 aliphatic carbocycles. The minimum absolute atomic E-state index is 0.414. The van der Waals surface area contributed by atoms with Crippen LogP contribution in [-0.2, 0) is 24.3 Å². The van der Waals surface area contributed by atoms with Crippen molar-refractivity contribution in [2.45, 2.75) is 20.0 Å². The summed E-state index contributed by atoms with van der Waals surface area (Å²) >= 11 is 0. The average Bonchev–Trinajstić information content (AvgIpc) is 2.77. The van der Waals surface area contributed by atoms with Crippen LogP contribution >= 0.6 is 0 Å². The predicted octanol–water partition coefficient (Wildman–Crippen LogP) is 2.47. The van der Waals surface area contributed by atoms with E-state index in [0.717, 1.165) is 11.0 Å². The van der Waals surface area contributed by atoms with E-state index in [-0.39, 0.29) is 0 Å². The lowest BCUT2D eigenvalue weighted by Gasteiger charge is -2.15. The monoisotopic (exact) mass is 462 g/mol. The van der Waals surface area contributed by atoms with Crippen LogP contribution in [0.15, 0.2) is 47.9 Å². The second kappa shape index (κ2) is 11.3. The Kier molecular flexibility index (Phi) is 8.80. The zero-order chi connectivity index (χ0) is 23.7. The van der Waals surface area contributed by atoms with Crippen molar-refractivity contribution < 1.29 is 32.2 Å². The summed E-state index contributed by atoms with van der Waals surface area (Å²) in [5.74, 6) is -0.573. The summed E-state index contributed by atoms with van der Waals surface area (Å²) < 4.78 is 41.5. The Morgan fingerprint density at radius 1 is 1.03 bits per heavy atom. The zero-order valence-electron chi connectivity index (χ0n) is 18.2. The molecule has 9 nitrogen and oxygen atoms in total. The topological polar surface area (TPSA) is 120 Å².